The monoisotopic (exact) mass is 719 g/mol. The van der Waals surface area contributed by atoms with Crippen LogP contribution < -0.4 is 4.90 Å². The SMILES string of the molecule is CC1(C)c2ccccc2-c2c(N(c3ccc(-c4ccc5ccccc5c4)cc3)c3ccc(-c4cccc5sc6ccccc6c45)cc3)cc3ccccc3c21. The van der Waals surface area contributed by atoms with Crippen molar-refractivity contribution in [2.24, 2.45) is 0 Å². The van der Waals surface area contributed by atoms with Gasteiger partial charge in [0.2, 0.25) is 0 Å². The molecule has 2 heteroatoms. The zero-order valence-corrected chi connectivity index (χ0v) is 31.6. The Balaban J connectivity index is 1.12. The van der Waals surface area contributed by atoms with Crippen LogP contribution in [0.5, 0.6) is 0 Å². The third-order valence-electron chi connectivity index (χ3n) is 11.8. The molecule has 11 rings (SSSR count). The van der Waals surface area contributed by atoms with E-state index in [1.165, 1.54) is 91.9 Å². The highest BCUT2D eigenvalue weighted by Crippen LogP contribution is 2.57. The van der Waals surface area contributed by atoms with Crippen molar-refractivity contribution in [1.29, 1.82) is 0 Å². The molecule has 0 bridgehead atoms. The minimum atomic E-state index is -0.154. The molecule has 0 N–H and O–H groups in total. The highest BCUT2D eigenvalue weighted by Gasteiger charge is 2.39. The van der Waals surface area contributed by atoms with Gasteiger partial charge in [0.25, 0.3) is 0 Å². The molecule has 1 heterocycles. The molecule has 0 atom stereocenters. The Kier molecular flexibility index (Phi) is 7.14. The molecular weight excluding hydrogens is 683 g/mol. The number of hydrogen-bond donors (Lipinski definition) is 0. The van der Waals surface area contributed by atoms with Crippen molar-refractivity contribution >= 4 is 70.1 Å². The molecule has 10 aromatic rings. The summed E-state index contributed by atoms with van der Waals surface area (Å²) in [7, 11) is 0. The molecule has 0 unspecified atom stereocenters. The molecular formula is C53H37NS. The summed E-state index contributed by atoms with van der Waals surface area (Å²) in [6.07, 6.45) is 0. The van der Waals surface area contributed by atoms with Crippen LogP contribution in [-0.4, -0.2) is 0 Å². The first-order chi connectivity index (χ1) is 27.0. The first-order valence-electron chi connectivity index (χ1n) is 19.1. The summed E-state index contributed by atoms with van der Waals surface area (Å²) in [5.74, 6) is 0. The standard InChI is InChI=1S/C53H37NS/c1-53(2)46-19-9-7-16-44(46)51-47(33-39-14-5-6-15-43(39)52(51)53)54(40-28-24-35(25-29-40)38-23-22-34-12-3-4-13-37(34)32-38)41-30-26-36(27-31-41)42-18-11-21-49-50(42)45-17-8-10-20-48(45)55-49/h3-33H,1-2H3. The van der Waals surface area contributed by atoms with E-state index >= 15 is 0 Å². The van der Waals surface area contributed by atoms with E-state index in [1.807, 2.05) is 11.3 Å². The number of thiophene rings is 1. The first-order valence-corrected chi connectivity index (χ1v) is 19.9. The molecule has 0 radical (unpaired) electrons. The van der Waals surface area contributed by atoms with Crippen molar-refractivity contribution in [3.63, 3.8) is 0 Å². The third kappa shape index (κ3) is 4.99. The number of fused-ring (bicyclic) bond motifs is 9. The molecule has 0 saturated carbocycles. The fraction of sp³-hybridized carbons (Fsp3) is 0.0566. The van der Waals surface area contributed by atoms with Gasteiger partial charge in [-0.1, -0.05) is 153 Å². The smallest absolute Gasteiger partial charge is 0.0549 e. The summed E-state index contributed by atoms with van der Waals surface area (Å²) in [5, 5.41) is 7.74. The van der Waals surface area contributed by atoms with Crippen molar-refractivity contribution in [2.45, 2.75) is 19.3 Å². The van der Waals surface area contributed by atoms with Crippen LogP contribution in [0.15, 0.2) is 188 Å². The first kappa shape index (κ1) is 32.0. The van der Waals surface area contributed by atoms with Crippen LogP contribution in [0.3, 0.4) is 0 Å². The lowest BCUT2D eigenvalue weighted by molar-refractivity contribution is 0.666. The average molecular weight is 720 g/mol. The summed E-state index contributed by atoms with van der Waals surface area (Å²) in [6.45, 7) is 4.78. The molecule has 0 spiro atoms. The zero-order chi connectivity index (χ0) is 36.7. The predicted molar refractivity (Wildman–Crippen MR) is 237 cm³/mol. The van der Waals surface area contributed by atoms with E-state index < -0.39 is 0 Å². The van der Waals surface area contributed by atoms with Crippen molar-refractivity contribution in [3.8, 4) is 33.4 Å². The molecule has 0 amide bonds. The fourth-order valence-corrected chi connectivity index (χ4v) is 10.3. The van der Waals surface area contributed by atoms with E-state index in [1.54, 1.807) is 0 Å². The lowest BCUT2D eigenvalue weighted by atomic mass is 9.80. The molecule has 0 fully saturated rings. The van der Waals surface area contributed by atoms with E-state index in [-0.39, 0.29) is 5.41 Å². The predicted octanol–water partition coefficient (Wildman–Crippen LogP) is 15.5. The van der Waals surface area contributed by atoms with Crippen LogP contribution in [0.25, 0.3) is 75.1 Å². The van der Waals surface area contributed by atoms with Crippen LogP contribution in [0.1, 0.15) is 25.0 Å². The van der Waals surface area contributed by atoms with E-state index in [0.717, 1.165) is 11.4 Å². The molecule has 260 valence electrons. The maximum atomic E-state index is 2.48. The maximum absolute atomic E-state index is 2.48. The number of anilines is 3. The van der Waals surface area contributed by atoms with Crippen LogP contribution in [-0.2, 0) is 5.41 Å². The van der Waals surface area contributed by atoms with E-state index in [2.05, 4.69) is 207 Å². The van der Waals surface area contributed by atoms with Crippen molar-refractivity contribution in [3.05, 3.63) is 199 Å². The van der Waals surface area contributed by atoms with Gasteiger partial charge < -0.3 is 4.90 Å². The van der Waals surface area contributed by atoms with Crippen molar-refractivity contribution < 1.29 is 0 Å². The van der Waals surface area contributed by atoms with E-state index in [0.29, 0.717) is 0 Å². The highest BCUT2D eigenvalue weighted by molar-refractivity contribution is 7.25. The highest BCUT2D eigenvalue weighted by atomic mass is 32.1. The average Bonchev–Trinajstić information content (AvgIpc) is 3.74. The number of benzene rings is 9. The quantitative estimate of drug-likeness (QED) is 0.171. The largest absolute Gasteiger partial charge is 0.310 e. The van der Waals surface area contributed by atoms with Gasteiger partial charge in [-0.3, -0.25) is 0 Å². The topological polar surface area (TPSA) is 3.24 Å². The van der Waals surface area contributed by atoms with Crippen LogP contribution in [0.2, 0.25) is 0 Å². The molecule has 9 aromatic carbocycles. The van der Waals surface area contributed by atoms with Crippen molar-refractivity contribution in [2.75, 3.05) is 4.90 Å². The second kappa shape index (κ2) is 12.3. The van der Waals surface area contributed by atoms with Crippen LogP contribution in [0.4, 0.5) is 17.1 Å². The summed E-state index contributed by atoms with van der Waals surface area (Å²) in [6, 6.07) is 69.6. The lowest BCUT2D eigenvalue weighted by Gasteiger charge is -2.30. The molecule has 0 aliphatic heterocycles. The molecule has 0 saturated heterocycles. The minimum Gasteiger partial charge on any atom is -0.310 e. The van der Waals surface area contributed by atoms with Crippen LogP contribution >= 0.6 is 11.3 Å². The summed E-state index contributed by atoms with van der Waals surface area (Å²) in [4.78, 5) is 2.48. The third-order valence-corrected chi connectivity index (χ3v) is 12.9. The second-order valence-corrected chi connectivity index (χ2v) is 16.4. The lowest BCUT2D eigenvalue weighted by Crippen LogP contribution is -2.16. The van der Waals surface area contributed by atoms with Gasteiger partial charge in [0, 0.05) is 42.5 Å². The number of nitrogens with zero attached hydrogens (tertiary/aromatic N) is 1. The van der Waals surface area contributed by atoms with Crippen molar-refractivity contribution in [1.82, 2.24) is 0 Å². The van der Waals surface area contributed by atoms with Gasteiger partial charge in [-0.15, -0.1) is 11.3 Å². The Bertz CT molecular complexity index is 3110. The zero-order valence-electron chi connectivity index (χ0n) is 30.8. The number of hydrogen-bond acceptors (Lipinski definition) is 2. The summed E-state index contributed by atoms with van der Waals surface area (Å²) in [5.41, 5.74) is 13.6. The summed E-state index contributed by atoms with van der Waals surface area (Å²) < 4.78 is 2.65. The van der Waals surface area contributed by atoms with Gasteiger partial charge in [-0.25, -0.2) is 0 Å². The molecule has 1 aromatic heterocycles. The Morgan fingerprint density at radius 1 is 0.436 bits per heavy atom. The van der Waals surface area contributed by atoms with Gasteiger partial charge in [0.15, 0.2) is 0 Å². The van der Waals surface area contributed by atoms with Gasteiger partial charge in [-0.2, -0.15) is 0 Å². The maximum Gasteiger partial charge on any atom is 0.0549 e. The fourth-order valence-electron chi connectivity index (χ4n) is 9.22. The Morgan fingerprint density at radius 3 is 1.84 bits per heavy atom. The minimum absolute atomic E-state index is 0.154. The number of rotatable bonds is 5. The normalized spacial score (nSPS) is 13.1. The second-order valence-electron chi connectivity index (χ2n) is 15.3. The Hall–Kier alpha value is -6.48. The van der Waals surface area contributed by atoms with Gasteiger partial charge in [-0.05, 0) is 109 Å². The van der Waals surface area contributed by atoms with Crippen LogP contribution in [0, 0.1) is 0 Å². The molecule has 1 aliphatic carbocycles. The Morgan fingerprint density at radius 2 is 1.04 bits per heavy atom. The Labute approximate surface area is 325 Å². The molecule has 1 aliphatic rings. The van der Waals surface area contributed by atoms with Gasteiger partial charge >= 0.3 is 0 Å². The van der Waals surface area contributed by atoms with E-state index in [4.69, 9.17) is 0 Å². The van der Waals surface area contributed by atoms with Gasteiger partial charge in [0.1, 0.15) is 0 Å². The van der Waals surface area contributed by atoms with Gasteiger partial charge in [0.05, 0.1) is 5.69 Å². The van der Waals surface area contributed by atoms with E-state index in [9.17, 15) is 0 Å². The summed E-state index contributed by atoms with van der Waals surface area (Å²) >= 11 is 1.87. The molecule has 1 nitrogen and oxygen atoms in total. The molecule has 55 heavy (non-hydrogen) atoms.